The SMILES string of the molecule is CC(CN(C)S(=O)(=O)c1c(Cl)cccc1Br)C(=O)O. The van der Waals surface area contributed by atoms with Crippen LogP contribution in [0.1, 0.15) is 6.92 Å². The molecular weight excluding hydrogens is 358 g/mol. The van der Waals surface area contributed by atoms with E-state index in [1.54, 1.807) is 12.1 Å². The van der Waals surface area contributed by atoms with Gasteiger partial charge in [0.25, 0.3) is 0 Å². The predicted molar refractivity (Wildman–Crippen MR) is 75.8 cm³/mol. The molecule has 19 heavy (non-hydrogen) atoms. The van der Waals surface area contributed by atoms with Gasteiger partial charge in [0.2, 0.25) is 10.0 Å². The number of carboxylic acid groups (broad SMARTS) is 1. The van der Waals surface area contributed by atoms with Gasteiger partial charge < -0.3 is 5.11 Å². The highest BCUT2D eigenvalue weighted by atomic mass is 79.9. The van der Waals surface area contributed by atoms with E-state index in [0.717, 1.165) is 4.31 Å². The highest BCUT2D eigenvalue weighted by Crippen LogP contribution is 2.31. The normalized spacial score (nSPS) is 13.5. The average Bonchev–Trinajstić information content (AvgIpc) is 2.27. The number of sulfonamides is 1. The zero-order chi connectivity index (χ0) is 14.8. The smallest absolute Gasteiger partial charge is 0.307 e. The molecule has 8 heteroatoms. The molecule has 1 aromatic carbocycles. The zero-order valence-corrected chi connectivity index (χ0v) is 13.5. The fourth-order valence-electron chi connectivity index (χ4n) is 1.45. The molecule has 0 amide bonds. The first-order valence-electron chi connectivity index (χ1n) is 5.31. The van der Waals surface area contributed by atoms with Gasteiger partial charge in [-0.3, -0.25) is 4.79 Å². The van der Waals surface area contributed by atoms with Crippen molar-refractivity contribution in [3.8, 4) is 0 Å². The molecule has 0 heterocycles. The van der Waals surface area contributed by atoms with E-state index in [0.29, 0.717) is 4.47 Å². The fraction of sp³-hybridized carbons (Fsp3) is 0.364. The van der Waals surface area contributed by atoms with E-state index in [4.69, 9.17) is 16.7 Å². The second-order valence-electron chi connectivity index (χ2n) is 4.08. The van der Waals surface area contributed by atoms with Gasteiger partial charge in [-0.05, 0) is 28.1 Å². The summed E-state index contributed by atoms with van der Waals surface area (Å²) in [5.41, 5.74) is 0. The summed E-state index contributed by atoms with van der Waals surface area (Å²) in [6.45, 7) is 1.31. The molecular formula is C11H13BrClNO4S. The number of hydrogen-bond acceptors (Lipinski definition) is 3. The topological polar surface area (TPSA) is 74.7 Å². The van der Waals surface area contributed by atoms with Gasteiger partial charge in [-0.15, -0.1) is 0 Å². The zero-order valence-electron chi connectivity index (χ0n) is 10.3. The first kappa shape index (κ1) is 16.4. The highest BCUT2D eigenvalue weighted by molar-refractivity contribution is 9.10. The molecule has 0 aliphatic heterocycles. The lowest BCUT2D eigenvalue weighted by atomic mass is 10.2. The van der Waals surface area contributed by atoms with Crippen LogP contribution >= 0.6 is 27.5 Å². The van der Waals surface area contributed by atoms with Crippen LogP contribution in [0.5, 0.6) is 0 Å². The van der Waals surface area contributed by atoms with Crippen molar-refractivity contribution in [3.63, 3.8) is 0 Å². The van der Waals surface area contributed by atoms with Gasteiger partial charge in [0.05, 0.1) is 10.9 Å². The van der Waals surface area contributed by atoms with E-state index in [9.17, 15) is 13.2 Å². The van der Waals surface area contributed by atoms with E-state index in [-0.39, 0.29) is 16.5 Å². The van der Waals surface area contributed by atoms with Crippen LogP contribution in [-0.2, 0) is 14.8 Å². The maximum absolute atomic E-state index is 12.4. The molecule has 0 bridgehead atoms. The van der Waals surface area contributed by atoms with Gasteiger partial charge in [0.15, 0.2) is 0 Å². The number of nitrogens with zero attached hydrogens (tertiary/aromatic N) is 1. The van der Waals surface area contributed by atoms with Crippen LogP contribution in [0.3, 0.4) is 0 Å². The second-order valence-corrected chi connectivity index (χ2v) is 7.32. The molecule has 0 aromatic heterocycles. The lowest BCUT2D eigenvalue weighted by Crippen LogP contribution is -2.34. The van der Waals surface area contributed by atoms with Crippen LogP contribution in [0.4, 0.5) is 0 Å². The number of carboxylic acids is 1. The molecule has 0 aliphatic carbocycles. The minimum Gasteiger partial charge on any atom is -0.481 e. The Labute approximate surface area is 125 Å². The minimum atomic E-state index is -3.84. The summed E-state index contributed by atoms with van der Waals surface area (Å²) in [6.07, 6.45) is 0. The first-order valence-corrected chi connectivity index (χ1v) is 7.92. The third-order valence-corrected chi connectivity index (χ3v) is 5.82. The van der Waals surface area contributed by atoms with Crippen LogP contribution in [-0.4, -0.2) is 37.4 Å². The lowest BCUT2D eigenvalue weighted by molar-refractivity contribution is -0.141. The number of hydrogen-bond donors (Lipinski definition) is 1. The Hall–Kier alpha value is -0.630. The van der Waals surface area contributed by atoms with Crippen molar-refractivity contribution < 1.29 is 18.3 Å². The summed E-state index contributed by atoms with van der Waals surface area (Å²) in [5, 5.41) is 8.91. The molecule has 1 atom stereocenters. The monoisotopic (exact) mass is 369 g/mol. The Kier molecular flexibility index (Phi) is 5.37. The van der Waals surface area contributed by atoms with Gasteiger partial charge in [0, 0.05) is 18.1 Å². The van der Waals surface area contributed by atoms with Crippen molar-refractivity contribution in [3.05, 3.63) is 27.7 Å². The number of benzene rings is 1. The third-order valence-electron chi connectivity index (χ3n) is 2.54. The molecule has 1 N–H and O–H groups in total. The third kappa shape index (κ3) is 3.68. The summed E-state index contributed by atoms with van der Waals surface area (Å²) >= 11 is 9.04. The number of halogens is 2. The quantitative estimate of drug-likeness (QED) is 0.864. The molecule has 1 rings (SSSR count). The predicted octanol–water partition coefficient (Wildman–Crippen LogP) is 2.44. The summed E-state index contributed by atoms with van der Waals surface area (Å²) in [5.74, 6) is -1.86. The van der Waals surface area contributed by atoms with Crippen LogP contribution in [0.25, 0.3) is 0 Å². The van der Waals surface area contributed by atoms with Gasteiger partial charge >= 0.3 is 5.97 Å². The van der Waals surface area contributed by atoms with Gasteiger partial charge in [-0.2, -0.15) is 4.31 Å². The van der Waals surface area contributed by atoms with Crippen molar-refractivity contribution in [1.29, 1.82) is 0 Å². The molecule has 0 aliphatic rings. The van der Waals surface area contributed by atoms with Crippen LogP contribution in [0.15, 0.2) is 27.6 Å². The maximum atomic E-state index is 12.4. The first-order chi connectivity index (χ1) is 8.67. The van der Waals surface area contributed by atoms with Crippen molar-refractivity contribution in [2.24, 2.45) is 5.92 Å². The molecule has 0 fully saturated rings. The fourth-order valence-corrected chi connectivity index (χ4v) is 4.37. The average molecular weight is 371 g/mol. The molecule has 1 unspecified atom stereocenters. The Bertz CT molecular complexity index is 570. The molecule has 5 nitrogen and oxygen atoms in total. The van der Waals surface area contributed by atoms with Crippen molar-refractivity contribution in [2.75, 3.05) is 13.6 Å². The van der Waals surface area contributed by atoms with Crippen LogP contribution in [0.2, 0.25) is 5.02 Å². The molecule has 1 aromatic rings. The standard InChI is InChI=1S/C11H13BrClNO4S/c1-7(11(15)16)6-14(2)19(17,18)10-8(12)4-3-5-9(10)13/h3-5,7H,6H2,1-2H3,(H,15,16). The number of rotatable bonds is 5. The maximum Gasteiger partial charge on any atom is 0.307 e. The highest BCUT2D eigenvalue weighted by Gasteiger charge is 2.28. The Balaban J connectivity index is 3.14. The van der Waals surface area contributed by atoms with Crippen LogP contribution < -0.4 is 0 Å². The van der Waals surface area contributed by atoms with Crippen LogP contribution in [0, 0.1) is 5.92 Å². The van der Waals surface area contributed by atoms with E-state index in [1.165, 1.54) is 20.0 Å². The van der Waals surface area contributed by atoms with E-state index in [2.05, 4.69) is 15.9 Å². The molecule has 0 radical (unpaired) electrons. The van der Waals surface area contributed by atoms with E-state index >= 15 is 0 Å². The Morgan fingerprint density at radius 3 is 2.58 bits per heavy atom. The largest absolute Gasteiger partial charge is 0.481 e. The Morgan fingerprint density at radius 2 is 2.11 bits per heavy atom. The summed E-state index contributed by atoms with van der Waals surface area (Å²) < 4.78 is 26.0. The summed E-state index contributed by atoms with van der Waals surface area (Å²) in [6, 6.07) is 4.65. The molecule has 106 valence electrons. The lowest BCUT2D eigenvalue weighted by Gasteiger charge is -2.20. The molecule has 0 saturated heterocycles. The molecule has 0 saturated carbocycles. The summed E-state index contributed by atoms with van der Waals surface area (Å²) in [4.78, 5) is 10.7. The molecule has 0 spiro atoms. The van der Waals surface area contributed by atoms with E-state index in [1.807, 2.05) is 0 Å². The van der Waals surface area contributed by atoms with Crippen molar-refractivity contribution >= 4 is 43.5 Å². The van der Waals surface area contributed by atoms with Gasteiger partial charge in [-0.25, -0.2) is 8.42 Å². The number of carbonyl (C=O) groups is 1. The second kappa shape index (κ2) is 6.21. The van der Waals surface area contributed by atoms with Crippen molar-refractivity contribution in [1.82, 2.24) is 4.31 Å². The van der Waals surface area contributed by atoms with Crippen molar-refractivity contribution in [2.45, 2.75) is 11.8 Å². The van der Waals surface area contributed by atoms with Gasteiger partial charge in [-0.1, -0.05) is 24.6 Å². The number of aliphatic carboxylic acids is 1. The Morgan fingerprint density at radius 1 is 1.53 bits per heavy atom. The summed E-state index contributed by atoms with van der Waals surface area (Å²) in [7, 11) is -2.51. The minimum absolute atomic E-state index is 0.0586. The van der Waals surface area contributed by atoms with Gasteiger partial charge in [0.1, 0.15) is 4.90 Å². The van der Waals surface area contributed by atoms with E-state index < -0.39 is 21.9 Å².